The Labute approximate surface area is 107 Å². The fraction of sp³-hybridized carbons (Fsp3) is 0.500. The Kier molecular flexibility index (Phi) is 3.38. The highest BCUT2D eigenvalue weighted by Gasteiger charge is 2.20. The van der Waals surface area contributed by atoms with Gasteiger partial charge in [0.25, 0.3) is 0 Å². The SMILES string of the molecule is CC(C)(C)C=CC(=O)N1CCc2sccc2C1. The molecule has 2 rings (SSSR count). The van der Waals surface area contributed by atoms with Gasteiger partial charge in [-0.25, -0.2) is 0 Å². The lowest BCUT2D eigenvalue weighted by Crippen LogP contribution is -2.34. The van der Waals surface area contributed by atoms with Gasteiger partial charge in [-0.05, 0) is 34.9 Å². The maximum Gasteiger partial charge on any atom is 0.246 e. The maximum atomic E-state index is 12.0. The van der Waals surface area contributed by atoms with Crippen LogP contribution in [0.2, 0.25) is 0 Å². The first-order chi connectivity index (χ1) is 7.96. The minimum Gasteiger partial charge on any atom is -0.334 e. The number of rotatable bonds is 1. The van der Waals surface area contributed by atoms with Crippen molar-refractivity contribution in [1.82, 2.24) is 4.90 Å². The highest BCUT2D eigenvalue weighted by molar-refractivity contribution is 7.10. The molecule has 0 saturated carbocycles. The number of fused-ring (bicyclic) bond motifs is 1. The van der Waals surface area contributed by atoms with Crippen molar-refractivity contribution in [2.45, 2.75) is 33.7 Å². The zero-order valence-corrected chi connectivity index (χ0v) is 11.5. The van der Waals surface area contributed by atoms with Gasteiger partial charge in [0.05, 0.1) is 0 Å². The molecule has 0 fully saturated rings. The highest BCUT2D eigenvalue weighted by atomic mass is 32.1. The van der Waals surface area contributed by atoms with Crippen LogP contribution in [-0.2, 0) is 17.8 Å². The molecule has 0 saturated heterocycles. The van der Waals surface area contributed by atoms with Gasteiger partial charge in [-0.3, -0.25) is 4.79 Å². The third-order valence-electron chi connectivity index (χ3n) is 2.85. The van der Waals surface area contributed by atoms with Gasteiger partial charge in [-0.1, -0.05) is 26.8 Å². The molecule has 0 spiro atoms. The minimum absolute atomic E-state index is 0.0684. The number of thiophene rings is 1. The molecule has 1 aliphatic rings. The summed E-state index contributed by atoms with van der Waals surface area (Å²) in [6.45, 7) is 7.92. The van der Waals surface area contributed by atoms with Crippen LogP contribution in [0.3, 0.4) is 0 Å². The van der Waals surface area contributed by atoms with Crippen molar-refractivity contribution in [3.05, 3.63) is 34.0 Å². The summed E-state index contributed by atoms with van der Waals surface area (Å²) < 4.78 is 0. The Morgan fingerprint density at radius 2 is 2.24 bits per heavy atom. The Hall–Kier alpha value is -1.09. The van der Waals surface area contributed by atoms with Crippen LogP contribution in [0.15, 0.2) is 23.6 Å². The van der Waals surface area contributed by atoms with E-state index in [1.807, 2.05) is 11.0 Å². The predicted molar refractivity (Wildman–Crippen MR) is 72.0 cm³/mol. The lowest BCUT2D eigenvalue weighted by atomic mass is 9.96. The zero-order chi connectivity index (χ0) is 12.5. The van der Waals surface area contributed by atoms with Crippen molar-refractivity contribution in [3.63, 3.8) is 0 Å². The second kappa shape index (κ2) is 4.65. The van der Waals surface area contributed by atoms with Crippen molar-refractivity contribution >= 4 is 17.2 Å². The van der Waals surface area contributed by atoms with Crippen molar-refractivity contribution in [2.24, 2.45) is 5.41 Å². The average molecular weight is 249 g/mol. The molecule has 1 aromatic rings. The van der Waals surface area contributed by atoms with Crippen LogP contribution in [-0.4, -0.2) is 17.4 Å². The summed E-state index contributed by atoms with van der Waals surface area (Å²) in [5.41, 5.74) is 1.39. The van der Waals surface area contributed by atoms with E-state index < -0.39 is 0 Å². The summed E-state index contributed by atoms with van der Waals surface area (Å²) in [6.07, 6.45) is 4.71. The highest BCUT2D eigenvalue weighted by Crippen LogP contribution is 2.24. The van der Waals surface area contributed by atoms with E-state index in [4.69, 9.17) is 0 Å². The van der Waals surface area contributed by atoms with Gasteiger partial charge in [-0.2, -0.15) is 0 Å². The first-order valence-corrected chi connectivity index (χ1v) is 6.87. The molecule has 0 N–H and O–H groups in total. The molecule has 17 heavy (non-hydrogen) atoms. The minimum atomic E-state index is 0.0684. The zero-order valence-electron chi connectivity index (χ0n) is 10.7. The molecule has 1 aliphatic heterocycles. The van der Waals surface area contributed by atoms with Crippen LogP contribution in [0.4, 0.5) is 0 Å². The predicted octanol–water partition coefficient (Wildman–Crippen LogP) is 3.24. The second-order valence-electron chi connectivity index (χ2n) is 5.58. The molecule has 2 heterocycles. The number of amides is 1. The van der Waals surface area contributed by atoms with E-state index in [9.17, 15) is 4.79 Å². The molecule has 0 atom stereocenters. The van der Waals surface area contributed by atoms with E-state index >= 15 is 0 Å². The molecule has 1 amide bonds. The summed E-state index contributed by atoms with van der Waals surface area (Å²) in [5, 5.41) is 2.11. The molecular formula is C14H19NOS. The van der Waals surface area contributed by atoms with Crippen LogP contribution in [0.1, 0.15) is 31.2 Å². The molecule has 0 bridgehead atoms. The number of allylic oxidation sites excluding steroid dienone is 1. The van der Waals surface area contributed by atoms with Crippen molar-refractivity contribution < 1.29 is 4.79 Å². The van der Waals surface area contributed by atoms with E-state index in [2.05, 4.69) is 32.2 Å². The van der Waals surface area contributed by atoms with Crippen LogP contribution >= 0.6 is 11.3 Å². The van der Waals surface area contributed by atoms with E-state index in [0.717, 1.165) is 19.5 Å². The fourth-order valence-electron chi connectivity index (χ4n) is 1.86. The van der Waals surface area contributed by atoms with E-state index in [1.165, 1.54) is 10.4 Å². The van der Waals surface area contributed by atoms with E-state index in [-0.39, 0.29) is 11.3 Å². The average Bonchev–Trinajstić information content (AvgIpc) is 2.71. The maximum absolute atomic E-state index is 12.0. The molecule has 1 aromatic heterocycles. The molecular weight excluding hydrogens is 230 g/mol. The van der Waals surface area contributed by atoms with Crippen molar-refractivity contribution in [3.8, 4) is 0 Å². The van der Waals surface area contributed by atoms with Crippen molar-refractivity contribution in [1.29, 1.82) is 0 Å². The standard InChI is InChI=1S/C14H19NOS/c1-14(2,3)7-4-13(16)15-8-5-12-11(10-15)6-9-17-12/h4,6-7,9H,5,8,10H2,1-3H3. The third-order valence-corrected chi connectivity index (χ3v) is 3.87. The van der Waals surface area contributed by atoms with Gasteiger partial charge >= 0.3 is 0 Å². The van der Waals surface area contributed by atoms with Crippen LogP contribution in [0, 0.1) is 5.41 Å². The number of carbonyl (C=O) groups is 1. The second-order valence-corrected chi connectivity index (χ2v) is 6.58. The van der Waals surface area contributed by atoms with Gasteiger partial charge in [0.15, 0.2) is 0 Å². The lowest BCUT2D eigenvalue weighted by Gasteiger charge is -2.26. The molecule has 3 heteroatoms. The first-order valence-electron chi connectivity index (χ1n) is 5.99. The summed E-state index contributed by atoms with van der Waals surface area (Å²) >= 11 is 1.80. The Morgan fingerprint density at radius 1 is 1.47 bits per heavy atom. The number of carbonyl (C=O) groups excluding carboxylic acids is 1. The molecule has 92 valence electrons. The Balaban J connectivity index is 2.01. The van der Waals surface area contributed by atoms with Gasteiger partial charge in [-0.15, -0.1) is 11.3 Å². The van der Waals surface area contributed by atoms with Crippen molar-refractivity contribution in [2.75, 3.05) is 6.54 Å². The molecule has 0 radical (unpaired) electrons. The largest absolute Gasteiger partial charge is 0.334 e. The molecule has 0 aliphatic carbocycles. The first kappa shape index (κ1) is 12.4. The van der Waals surface area contributed by atoms with Gasteiger partial charge in [0.2, 0.25) is 5.91 Å². The molecule has 0 aromatic carbocycles. The summed E-state index contributed by atoms with van der Waals surface area (Å²) in [4.78, 5) is 15.4. The number of nitrogens with zero attached hydrogens (tertiary/aromatic N) is 1. The molecule has 0 unspecified atom stereocenters. The van der Waals surface area contributed by atoms with Crippen LogP contribution < -0.4 is 0 Å². The Bertz CT molecular complexity index is 439. The van der Waals surface area contributed by atoms with E-state index in [1.54, 1.807) is 17.4 Å². The monoisotopic (exact) mass is 249 g/mol. The summed E-state index contributed by atoms with van der Waals surface area (Å²) in [6, 6.07) is 2.13. The van der Waals surface area contributed by atoms with Gasteiger partial charge in [0.1, 0.15) is 0 Å². The van der Waals surface area contributed by atoms with Crippen LogP contribution in [0.25, 0.3) is 0 Å². The van der Waals surface area contributed by atoms with Gasteiger partial charge < -0.3 is 4.90 Å². The lowest BCUT2D eigenvalue weighted by molar-refractivity contribution is -0.126. The van der Waals surface area contributed by atoms with E-state index in [0.29, 0.717) is 0 Å². The van der Waals surface area contributed by atoms with Gasteiger partial charge in [0, 0.05) is 18.0 Å². The smallest absolute Gasteiger partial charge is 0.246 e. The quantitative estimate of drug-likeness (QED) is 0.700. The summed E-state index contributed by atoms with van der Waals surface area (Å²) in [5.74, 6) is 0.136. The number of hydrogen-bond acceptors (Lipinski definition) is 2. The normalized spacial score (nSPS) is 16.3. The van der Waals surface area contributed by atoms with Crippen LogP contribution in [0.5, 0.6) is 0 Å². The topological polar surface area (TPSA) is 20.3 Å². The molecule has 2 nitrogen and oxygen atoms in total. The Morgan fingerprint density at radius 3 is 2.94 bits per heavy atom. The summed E-state index contributed by atoms with van der Waals surface area (Å²) in [7, 11) is 0. The number of hydrogen-bond donors (Lipinski definition) is 0. The third kappa shape index (κ3) is 3.19. The fourth-order valence-corrected chi connectivity index (χ4v) is 2.75.